The first-order chi connectivity index (χ1) is 13.3. The van der Waals surface area contributed by atoms with Crippen molar-refractivity contribution in [3.63, 3.8) is 0 Å². The highest BCUT2D eigenvalue weighted by molar-refractivity contribution is 5.33. The number of rotatable bonds is 3. The summed E-state index contributed by atoms with van der Waals surface area (Å²) in [6, 6.07) is 7.61. The molecule has 1 aromatic carbocycles. The van der Waals surface area contributed by atoms with Gasteiger partial charge in [0.1, 0.15) is 6.33 Å². The number of fused-ring (bicyclic) bond motifs is 1. The van der Waals surface area contributed by atoms with E-state index >= 15 is 0 Å². The molecule has 3 aromatic rings. The molecule has 4 rings (SSSR count). The Morgan fingerprint density at radius 2 is 1.82 bits per heavy atom. The fraction of sp³-hybridized carbons (Fsp3) is 0.450. The van der Waals surface area contributed by atoms with Crippen molar-refractivity contribution in [1.82, 2.24) is 24.5 Å². The Bertz CT molecular complexity index is 987. The van der Waals surface area contributed by atoms with Crippen molar-refractivity contribution >= 4 is 5.78 Å². The molecule has 28 heavy (non-hydrogen) atoms. The van der Waals surface area contributed by atoms with Crippen molar-refractivity contribution in [3.8, 4) is 0 Å². The highest BCUT2D eigenvalue weighted by atomic mass is 19.4. The van der Waals surface area contributed by atoms with Gasteiger partial charge < -0.3 is 0 Å². The maximum atomic E-state index is 13.4. The fourth-order valence-corrected chi connectivity index (χ4v) is 3.79. The first-order valence-corrected chi connectivity index (χ1v) is 9.37. The minimum Gasteiger partial charge on any atom is -0.299 e. The van der Waals surface area contributed by atoms with Gasteiger partial charge in [-0.15, -0.1) is 0 Å². The Balaban J connectivity index is 1.48. The minimum atomic E-state index is -4.49. The molecule has 8 heteroatoms. The van der Waals surface area contributed by atoms with E-state index in [1.54, 1.807) is 0 Å². The number of piperidine rings is 1. The highest BCUT2D eigenvalue weighted by Gasteiger charge is 2.36. The number of aromatic nitrogens is 4. The van der Waals surface area contributed by atoms with Gasteiger partial charge in [-0.1, -0.05) is 18.2 Å². The van der Waals surface area contributed by atoms with Gasteiger partial charge in [-0.2, -0.15) is 27.8 Å². The average Bonchev–Trinajstić information content (AvgIpc) is 3.12. The van der Waals surface area contributed by atoms with E-state index in [1.165, 1.54) is 16.7 Å². The largest absolute Gasteiger partial charge is 0.433 e. The molecular formula is C20H22F3N5. The van der Waals surface area contributed by atoms with Gasteiger partial charge in [-0.3, -0.25) is 4.90 Å². The molecule has 0 amide bonds. The summed E-state index contributed by atoms with van der Waals surface area (Å²) in [7, 11) is 0. The third kappa shape index (κ3) is 3.73. The number of nitrogens with zero attached hydrogens (tertiary/aromatic N) is 5. The predicted molar refractivity (Wildman–Crippen MR) is 99.0 cm³/mol. The topological polar surface area (TPSA) is 46.3 Å². The molecule has 0 unspecified atom stereocenters. The third-order valence-electron chi connectivity index (χ3n) is 5.55. The van der Waals surface area contributed by atoms with E-state index in [0.717, 1.165) is 49.4 Å². The van der Waals surface area contributed by atoms with Crippen LogP contribution in [-0.2, 0) is 12.7 Å². The maximum Gasteiger partial charge on any atom is 0.433 e. The van der Waals surface area contributed by atoms with Crippen LogP contribution < -0.4 is 0 Å². The van der Waals surface area contributed by atoms with Gasteiger partial charge in [-0.25, -0.2) is 4.98 Å². The van der Waals surface area contributed by atoms with Gasteiger partial charge in [-0.05, 0) is 62.5 Å². The summed E-state index contributed by atoms with van der Waals surface area (Å²) in [5.74, 6) is 0.00110. The molecule has 148 valence electrons. The van der Waals surface area contributed by atoms with Gasteiger partial charge in [0, 0.05) is 18.2 Å². The van der Waals surface area contributed by atoms with Gasteiger partial charge in [0.2, 0.25) is 0 Å². The molecule has 0 spiro atoms. The number of alkyl halides is 3. The van der Waals surface area contributed by atoms with E-state index < -0.39 is 11.9 Å². The second kappa shape index (κ2) is 7.16. The predicted octanol–water partition coefficient (Wildman–Crippen LogP) is 4.14. The zero-order chi connectivity index (χ0) is 19.9. The fourth-order valence-electron chi connectivity index (χ4n) is 3.79. The maximum absolute atomic E-state index is 13.4. The summed E-state index contributed by atoms with van der Waals surface area (Å²) in [6.45, 7) is 6.73. The van der Waals surface area contributed by atoms with Crippen molar-refractivity contribution in [3.05, 3.63) is 58.7 Å². The molecule has 0 atom stereocenters. The van der Waals surface area contributed by atoms with Crippen LogP contribution >= 0.6 is 0 Å². The van der Waals surface area contributed by atoms with E-state index in [0.29, 0.717) is 5.69 Å². The summed E-state index contributed by atoms with van der Waals surface area (Å²) < 4.78 is 40.9. The molecule has 1 fully saturated rings. The molecular weight excluding hydrogens is 367 g/mol. The van der Waals surface area contributed by atoms with E-state index in [2.05, 4.69) is 52.0 Å². The molecule has 1 saturated heterocycles. The molecule has 0 bridgehead atoms. The number of likely N-dealkylation sites (tertiary alicyclic amines) is 1. The van der Waals surface area contributed by atoms with E-state index in [9.17, 15) is 13.2 Å². The molecule has 2 aromatic heterocycles. The van der Waals surface area contributed by atoms with Crippen LogP contribution in [0.3, 0.4) is 0 Å². The lowest BCUT2D eigenvalue weighted by molar-refractivity contribution is -0.142. The highest BCUT2D eigenvalue weighted by Crippen LogP contribution is 2.33. The number of aryl methyl sites for hydroxylation is 2. The van der Waals surface area contributed by atoms with Crippen LogP contribution in [0.25, 0.3) is 5.78 Å². The Hall–Kier alpha value is -2.48. The molecule has 0 saturated carbocycles. The summed E-state index contributed by atoms with van der Waals surface area (Å²) in [6.07, 6.45) is -1.83. The molecule has 0 N–H and O–H groups in total. The van der Waals surface area contributed by atoms with Crippen molar-refractivity contribution in [2.24, 2.45) is 0 Å². The monoisotopic (exact) mass is 389 g/mol. The summed E-state index contributed by atoms with van der Waals surface area (Å²) in [5.41, 5.74) is 3.46. The lowest BCUT2D eigenvalue weighted by atomic mass is 9.92. The number of halogens is 3. The van der Waals surface area contributed by atoms with E-state index in [4.69, 9.17) is 0 Å². The lowest BCUT2D eigenvalue weighted by Gasteiger charge is -2.32. The van der Waals surface area contributed by atoms with Crippen LogP contribution in [0.1, 0.15) is 46.8 Å². The van der Waals surface area contributed by atoms with E-state index in [-0.39, 0.29) is 11.7 Å². The molecule has 3 heterocycles. The van der Waals surface area contributed by atoms with Gasteiger partial charge in [0.05, 0.1) is 0 Å². The van der Waals surface area contributed by atoms with Crippen molar-refractivity contribution in [1.29, 1.82) is 0 Å². The Morgan fingerprint density at radius 1 is 1.07 bits per heavy atom. The molecule has 0 radical (unpaired) electrons. The van der Waals surface area contributed by atoms with Crippen LogP contribution in [0.15, 0.2) is 30.6 Å². The summed E-state index contributed by atoms with van der Waals surface area (Å²) in [4.78, 5) is 10.5. The Morgan fingerprint density at radius 3 is 2.50 bits per heavy atom. The van der Waals surface area contributed by atoms with Crippen molar-refractivity contribution in [2.75, 3.05) is 13.1 Å². The number of hydrogen-bond acceptors (Lipinski definition) is 4. The van der Waals surface area contributed by atoms with Gasteiger partial charge in [0.25, 0.3) is 5.78 Å². The SMILES string of the molecule is Cc1ccc(CN2CCC(c3cc(C(F)(F)F)n4ncnc4n3)CC2)cc1C. The van der Waals surface area contributed by atoms with Crippen LogP contribution in [0.4, 0.5) is 13.2 Å². The Labute approximate surface area is 161 Å². The minimum absolute atomic E-state index is 0.00111. The van der Waals surface area contributed by atoms with Gasteiger partial charge >= 0.3 is 6.18 Å². The van der Waals surface area contributed by atoms with Crippen LogP contribution in [-0.4, -0.2) is 37.6 Å². The second-order valence-corrected chi connectivity index (χ2v) is 7.50. The second-order valence-electron chi connectivity index (χ2n) is 7.50. The zero-order valence-corrected chi connectivity index (χ0v) is 15.9. The summed E-state index contributed by atoms with van der Waals surface area (Å²) >= 11 is 0. The van der Waals surface area contributed by atoms with E-state index in [1.807, 2.05) is 0 Å². The first kappa shape index (κ1) is 18.9. The standard InChI is InChI=1S/C20H22F3N5/c1-13-3-4-15(9-14(13)2)11-27-7-5-16(6-8-27)17-10-18(20(21,22)23)28-19(26-17)24-12-25-28/h3-4,9-10,12,16H,5-8,11H2,1-2H3. The van der Waals surface area contributed by atoms with Crippen LogP contribution in [0.5, 0.6) is 0 Å². The molecule has 0 aliphatic carbocycles. The Kier molecular flexibility index (Phi) is 4.82. The molecule has 1 aliphatic heterocycles. The number of benzene rings is 1. The summed E-state index contributed by atoms with van der Waals surface area (Å²) in [5, 5.41) is 3.66. The average molecular weight is 389 g/mol. The quantitative estimate of drug-likeness (QED) is 0.676. The molecule has 1 aliphatic rings. The van der Waals surface area contributed by atoms with Gasteiger partial charge in [0.15, 0.2) is 5.69 Å². The molecule has 5 nitrogen and oxygen atoms in total. The third-order valence-corrected chi connectivity index (χ3v) is 5.55. The van der Waals surface area contributed by atoms with Crippen molar-refractivity contribution in [2.45, 2.75) is 45.3 Å². The first-order valence-electron chi connectivity index (χ1n) is 9.37. The van der Waals surface area contributed by atoms with Crippen LogP contribution in [0, 0.1) is 13.8 Å². The smallest absolute Gasteiger partial charge is 0.299 e. The lowest BCUT2D eigenvalue weighted by Crippen LogP contribution is -2.33. The van der Waals surface area contributed by atoms with Crippen LogP contribution in [0.2, 0.25) is 0 Å². The normalized spacial score (nSPS) is 16.8. The van der Waals surface area contributed by atoms with Crippen molar-refractivity contribution < 1.29 is 13.2 Å². The number of hydrogen-bond donors (Lipinski definition) is 0. The zero-order valence-electron chi connectivity index (χ0n) is 15.9.